The van der Waals surface area contributed by atoms with Gasteiger partial charge in [-0.25, -0.2) is 9.78 Å². The monoisotopic (exact) mass is 452 g/mol. The van der Waals surface area contributed by atoms with Gasteiger partial charge in [0.15, 0.2) is 0 Å². The average molecular weight is 453 g/mol. The number of unbranched alkanes of at least 4 members (excludes halogenated alkanes) is 1. The summed E-state index contributed by atoms with van der Waals surface area (Å²) in [5.74, 6) is 0.0400. The van der Waals surface area contributed by atoms with Crippen LogP contribution in [-0.4, -0.2) is 33.8 Å². The standard InChI is InChI=1S/C26H29ClN2O3/c1-2-3-13-25-28-16-23(29(25)17-22-11-7-8-12-24(22)27)15-21(18-32-19-26(30)31)14-20-9-5-4-6-10-20/h4-12,15-16H,2-3,13-14,17-19H2,1H3,(H,30,31). The van der Waals surface area contributed by atoms with E-state index < -0.39 is 5.97 Å². The van der Waals surface area contributed by atoms with Gasteiger partial charge >= 0.3 is 5.97 Å². The van der Waals surface area contributed by atoms with E-state index in [4.69, 9.17) is 21.4 Å². The van der Waals surface area contributed by atoms with Crippen molar-refractivity contribution in [2.45, 2.75) is 39.2 Å². The lowest BCUT2D eigenvalue weighted by Gasteiger charge is -2.14. The summed E-state index contributed by atoms with van der Waals surface area (Å²) >= 11 is 6.44. The van der Waals surface area contributed by atoms with E-state index in [9.17, 15) is 4.79 Å². The Morgan fingerprint density at radius 1 is 1.12 bits per heavy atom. The molecule has 0 radical (unpaired) electrons. The highest BCUT2D eigenvalue weighted by Gasteiger charge is 2.12. The van der Waals surface area contributed by atoms with Gasteiger partial charge in [-0.15, -0.1) is 0 Å². The van der Waals surface area contributed by atoms with E-state index in [-0.39, 0.29) is 13.2 Å². The molecule has 168 valence electrons. The van der Waals surface area contributed by atoms with Crippen molar-refractivity contribution in [3.05, 3.63) is 94.0 Å². The van der Waals surface area contributed by atoms with Crippen LogP contribution >= 0.6 is 11.6 Å². The van der Waals surface area contributed by atoms with E-state index in [0.717, 1.165) is 52.5 Å². The van der Waals surface area contributed by atoms with E-state index in [1.807, 2.05) is 48.7 Å². The zero-order valence-corrected chi connectivity index (χ0v) is 19.1. The molecule has 0 aliphatic carbocycles. The molecule has 3 rings (SSSR count). The number of carboxylic acids is 1. The van der Waals surface area contributed by atoms with Gasteiger partial charge in [0.05, 0.1) is 25.0 Å². The Kier molecular flexibility index (Phi) is 9.08. The van der Waals surface area contributed by atoms with Crippen LogP contribution in [0.3, 0.4) is 0 Å². The molecule has 1 heterocycles. The smallest absolute Gasteiger partial charge is 0.329 e. The highest BCUT2D eigenvalue weighted by atomic mass is 35.5. The molecule has 1 aromatic heterocycles. The summed E-state index contributed by atoms with van der Waals surface area (Å²) in [4.78, 5) is 15.6. The van der Waals surface area contributed by atoms with Gasteiger partial charge in [-0.2, -0.15) is 0 Å². The topological polar surface area (TPSA) is 64.3 Å². The number of aryl methyl sites for hydroxylation is 1. The molecule has 0 amide bonds. The van der Waals surface area contributed by atoms with Crippen LogP contribution in [0.4, 0.5) is 0 Å². The molecule has 6 heteroatoms. The number of carboxylic acid groups (broad SMARTS) is 1. The Labute approximate surface area is 194 Å². The van der Waals surface area contributed by atoms with Crippen molar-refractivity contribution in [2.75, 3.05) is 13.2 Å². The number of ether oxygens (including phenoxy) is 1. The first-order valence-electron chi connectivity index (χ1n) is 10.9. The van der Waals surface area contributed by atoms with Crippen molar-refractivity contribution in [1.29, 1.82) is 0 Å². The molecular weight excluding hydrogens is 424 g/mol. The van der Waals surface area contributed by atoms with E-state index in [0.29, 0.717) is 13.0 Å². The van der Waals surface area contributed by atoms with Crippen LogP contribution in [0.15, 0.2) is 66.4 Å². The summed E-state index contributed by atoms with van der Waals surface area (Å²) in [5, 5.41) is 9.68. The summed E-state index contributed by atoms with van der Waals surface area (Å²) in [7, 11) is 0. The first-order valence-corrected chi connectivity index (χ1v) is 11.2. The third-order valence-electron chi connectivity index (χ3n) is 5.15. The predicted molar refractivity (Wildman–Crippen MR) is 128 cm³/mol. The number of carbonyl (C=O) groups is 1. The van der Waals surface area contributed by atoms with Crippen molar-refractivity contribution < 1.29 is 14.6 Å². The Hall–Kier alpha value is -2.89. The van der Waals surface area contributed by atoms with Crippen LogP contribution < -0.4 is 0 Å². The molecule has 32 heavy (non-hydrogen) atoms. The maximum absolute atomic E-state index is 10.9. The summed E-state index contributed by atoms with van der Waals surface area (Å²) in [6.45, 7) is 2.70. The molecule has 0 fully saturated rings. The summed E-state index contributed by atoms with van der Waals surface area (Å²) in [6, 6.07) is 17.9. The van der Waals surface area contributed by atoms with Gasteiger partial charge in [-0.05, 0) is 41.7 Å². The maximum atomic E-state index is 10.9. The minimum absolute atomic E-state index is 0.239. The molecule has 2 aromatic carbocycles. The first kappa shape index (κ1) is 23.8. The zero-order chi connectivity index (χ0) is 22.8. The number of nitrogens with zero attached hydrogens (tertiary/aromatic N) is 2. The van der Waals surface area contributed by atoms with Gasteiger partial charge in [-0.1, -0.05) is 73.5 Å². The van der Waals surface area contributed by atoms with Gasteiger partial charge in [0, 0.05) is 11.4 Å². The van der Waals surface area contributed by atoms with Gasteiger partial charge < -0.3 is 14.4 Å². The zero-order valence-electron chi connectivity index (χ0n) is 18.3. The number of imidazole rings is 1. The number of benzene rings is 2. The SMILES string of the molecule is CCCCc1ncc(C=C(COCC(=O)O)Cc2ccccc2)n1Cc1ccccc1Cl. The first-order chi connectivity index (χ1) is 15.6. The third kappa shape index (κ3) is 7.08. The van der Waals surface area contributed by atoms with Crippen LogP contribution in [-0.2, 0) is 28.9 Å². The number of aliphatic carboxylic acids is 1. The molecule has 5 nitrogen and oxygen atoms in total. The van der Waals surface area contributed by atoms with Crippen molar-refractivity contribution in [2.24, 2.45) is 0 Å². The molecule has 0 aliphatic rings. The molecule has 3 aromatic rings. The maximum Gasteiger partial charge on any atom is 0.329 e. The number of rotatable bonds is 12. The molecule has 0 unspecified atom stereocenters. The molecular formula is C26H29ClN2O3. The number of hydrogen-bond donors (Lipinski definition) is 1. The fourth-order valence-corrected chi connectivity index (χ4v) is 3.73. The van der Waals surface area contributed by atoms with Crippen LogP contribution in [0.2, 0.25) is 5.02 Å². The quantitative estimate of drug-likeness (QED) is 0.385. The van der Waals surface area contributed by atoms with Gasteiger partial charge in [0.25, 0.3) is 0 Å². The fourth-order valence-electron chi connectivity index (χ4n) is 3.54. The molecule has 0 atom stereocenters. The Bertz CT molecular complexity index is 1040. The molecule has 0 aliphatic heterocycles. The highest BCUT2D eigenvalue weighted by molar-refractivity contribution is 6.31. The third-order valence-corrected chi connectivity index (χ3v) is 5.52. The van der Waals surface area contributed by atoms with Gasteiger partial charge in [0.1, 0.15) is 12.4 Å². The van der Waals surface area contributed by atoms with Crippen molar-refractivity contribution in [3.8, 4) is 0 Å². The fraction of sp³-hybridized carbons (Fsp3) is 0.308. The minimum Gasteiger partial charge on any atom is -0.480 e. The van der Waals surface area contributed by atoms with E-state index in [2.05, 4.69) is 34.7 Å². The molecule has 0 bridgehead atoms. The molecule has 0 saturated carbocycles. The van der Waals surface area contributed by atoms with Gasteiger partial charge in [0.2, 0.25) is 0 Å². The van der Waals surface area contributed by atoms with Crippen LogP contribution in [0, 0.1) is 0 Å². The lowest BCUT2D eigenvalue weighted by atomic mass is 10.0. The Morgan fingerprint density at radius 2 is 1.88 bits per heavy atom. The van der Waals surface area contributed by atoms with Crippen molar-refractivity contribution in [3.63, 3.8) is 0 Å². The van der Waals surface area contributed by atoms with Crippen LogP contribution in [0.1, 0.15) is 42.4 Å². The van der Waals surface area contributed by atoms with E-state index in [1.165, 1.54) is 0 Å². The van der Waals surface area contributed by atoms with Crippen molar-refractivity contribution >= 4 is 23.6 Å². The Morgan fingerprint density at radius 3 is 2.59 bits per heavy atom. The average Bonchev–Trinajstić information content (AvgIpc) is 3.15. The lowest BCUT2D eigenvalue weighted by Crippen LogP contribution is -2.11. The van der Waals surface area contributed by atoms with E-state index >= 15 is 0 Å². The molecule has 0 spiro atoms. The van der Waals surface area contributed by atoms with Crippen LogP contribution in [0.25, 0.3) is 6.08 Å². The largest absolute Gasteiger partial charge is 0.480 e. The number of halogens is 1. The summed E-state index contributed by atoms with van der Waals surface area (Å²) < 4.78 is 7.63. The lowest BCUT2D eigenvalue weighted by molar-refractivity contribution is -0.141. The van der Waals surface area contributed by atoms with Crippen LogP contribution in [0.5, 0.6) is 0 Å². The Balaban J connectivity index is 1.93. The summed E-state index contributed by atoms with van der Waals surface area (Å²) in [6.07, 6.45) is 7.65. The second-order valence-electron chi connectivity index (χ2n) is 7.73. The molecule has 0 saturated heterocycles. The minimum atomic E-state index is -0.977. The van der Waals surface area contributed by atoms with Crippen molar-refractivity contribution in [1.82, 2.24) is 9.55 Å². The van der Waals surface area contributed by atoms with Gasteiger partial charge in [-0.3, -0.25) is 0 Å². The predicted octanol–water partition coefficient (Wildman–Crippen LogP) is 5.65. The van der Waals surface area contributed by atoms with E-state index in [1.54, 1.807) is 0 Å². The molecule has 1 N–H and O–H groups in total. The second kappa shape index (κ2) is 12.2. The highest BCUT2D eigenvalue weighted by Crippen LogP contribution is 2.21. The second-order valence-corrected chi connectivity index (χ2v) is 8.14. The summed E-state index contributed by atoms with van der Waals surface area (Å²) in [5.41, 5.74) is 4.12. The number of hydrogen-bond acceptors (Lipinski definition) is 3. The number of aromatic nitrogens is 2. The normalized spacial score (nSPS) is 11.6.